The molecule has 18 heavy (non-hydrogen) atoms. The molecule has 0 saturated heterocycles. The molecule has 0 aliphatic carbocycles. The van der Waals surface area contributed by atoms with Crippen LogP contribution in [0.4, 0.5) is 5.82 Å². The average Bonchev–Trinajstić information content (AvgIpc) is 2.71. The summed E-state index contributed by atoms with van der Waals surface area (Å²) in [6.45, 7) is 1.83. The van der Waals surface area contributed by atoms with Crippen LogP contribution in [0.1, 0.15) is 5.82 Å². The normalized spacial score (nSPS) is 10.9. The number of nitrogen functional groups attached to an aromatic ring is 1. The molecule has 2 heterocycles. The number of H-pyrrole nitrogens is 1. The second-order valence-electron chi connectivity index (χ2n) is 4.01. The number of aryl methyl sites for hydroxylation is 1. The van der Waals surface area contributed by atoms with Crippen molar-refractivity contribution in [2.45, 2.75) is 6.92 Å². The van der Waals surface area contributed by atoms with Crippen LogP contribution in [0, 0.1) is 12.3 Å². The summed E-state index contributed by atoms with van der Waals surface area (Å²) in [6, 6.07) is 9.46. The Balaban J connectivity index is 2.40. The number of benzene rings is 1. The lowest BCUT2D eigenvalue weighted by atomic mass is 10.3. The maximum Gasteiger partial charge on any atom is 0.230 e. The molecular formula is C12H12N6. The second kappa shape index (κ2) is 3.69. The molecule has 3 rings (SSSR count). The van der Waals surface area contributed by atoms with Crippen LogP contribution in [0.15, 0.2) is 30.3 Å². The van der Waals surface area contributed by atoms with Crippen LogP contribution < -0.4 is 11.4 Å². The number of nitrogens with zero attached hydrogens (tertiary/aromatic N) is 3. The van der Waals surface area contributed by atoms with E-state index in [2.05, 4.69) is 15.0 Å². The van der Waals surface area contributed by atoms with Gasteiger partial charge in [-0.05, 0) is 19.1 Å². The Morgan fingerprint density at radius 3 is 2.67 bits per heavy atom. The molecule has 4 N–H and O–H groups in total. The van der Waals surface area contributed by atoms with Gasteiger partial charge in [-0.3, -0.25) is 9.98 Å². The van der Waals surface area contributed by atoms with E-state index in [0.717, 1.165) is 11.5 Å². The molecule has 3 aromatic rings. The molecule has 0 aliphatic heterocycles. The van der Waals surface area contributed by atoms with E-state index < -0.39 is 0 Å². The third kappa shape index (κ3) is 1.46. The van der Waals surface area contributed by atoms with Crippen LogP contribution in [-0.4, -0.2) is 19.5 Å². The first-order valence-electron chi connectivity index (χ1n) is 5.51. The van der Waals surface area contributed by atoms with E-state index >= 15 is 0 Å². The smallest absolute Gasteiger partial charge is 0.230 e. The number of hydrogen-bond acceptors (Lipinski definition) is 4. The van der Waals surface area contributed by atoms with Crippen molar-refractivity contribution in [3.63, 3.8) is 0 Å². The molecule has 0 aliphatic rings. The van der Waals surface area contributed by atoms with Crippen molar-refractivity contribution in [3.05, 3.63) is 41.8 Å². The highest BCUT2D eigenvalue weighted by Gasteiger charge is 2.11. The van der Waals surface area contributed by atoms with Gasteiger partial charge in [-0.2, -0.15) is 4.98 Å². The highest BCUT2D eigenvalue weighted by atomic mass is 15.2. The number of rotatable bonds is 1. The van der Waals surface area contributed by atoms with Gasteiger partial charge in [0.2, 0.25) is 5.62 Å². The Labute approximate surface area is 103 Å². The van der Waals surface area contributed by atoms with Crippen molar-refractivity contribution in [2.24, 2.45) is 0 Å². The van der Waals surface area contributed by atoms with E-state index in [4.69, 9.17) is 11.1 Å². The number of imidazole rings is 1. The van der Waals surface area contributed by atoms with Crippen molar-refractivity contribution in [3.8, 4) is 5.69 Å². The van der Waals surface area contributed by atoms with Crippen LogP contribution in [0.3, 0.4) is 0 Å². The second-order valence-corrected chi connectivity index (χ2v) is 4.01. The third-order valence-corrected chi connectivity index (χ3v) is 2.74. The van der Waals surface area contributed by atoms with E-state index in [1.807, 2.05) is 37.3 Å². The number of aromatic amines is 1. The lowest BCUT2D eigenvalue weighted by molar-refractivity contribution is 0.873. The molecule has 0 saturated carbocycles. The van der Waals surface area contributed by atoms with E-state index in [9.17, 15) is 0 Å². The lowest BCUT2D eigenvalue weighted by Gasteiger charge is -2.09. The van der Waals surface area contributed by atoms with Gasteiger partial charge in [0.1, 0.15) is 17.2 Å². The van der Waals surface area contributed by atoms with Crippen LogP contribution in [0.25, 0.3) is 16.9 Å². The number of aromatic nitrogens is 4. The fourth-order valence-electron chi connectivity index (χ4n) is 1.95. The number of hydrogen-bond donors (Lipinski definition) is 3. The molecule has 0 spiro atoms. The Morgan fingerprint density at radius 2 is 1.94 bits per heavy atom. The SMILES string of the molecule is Cc1nc2nc(=N)n(-c3ccccc3)c(N)c2[nH]1. The van der Waals surface area contributed by atoms with Gasteiger partial charge in [-0.1, -0.05) is 18.2 Å². The zero-order valence-electron chi connectivity index (χ0n) is 9.81. The average molecular weight is 240 g/mol. The molecular weight excluding hydrogens is 228 g/mol. The zero-order chi connectivity index (χ0) is 12.7. The van der Waals surface area contributed by atoms with E-state index in [0.29, 0.717) is 17.0 Å². The van der Waals surface area contributed by atoms with Crippen LogP contribution in [0.2, 0.25) is 0 Å². The van der Waals surface area contributed by atoms with Gasteiger partial charge >= 0.3 is 0 Å². The van der Waals surface area contributed by atoms with Crippen molar-refractivity contribution in [1.82, 2.24) is 19.5 Å². The largest absolute Gasteiger partial charge is 0.383 e. The Kier molecular flexibility index (Phi) is 2.16. The molecule has 6 nitrogen and oxygen atoms in total. The summed E-state index contributed by atoms with van der Waals surface area (Å²) >= 11 is 0. The Hall–Kier alpha value is -2.63. The highest BCUT2D eigenvalue weighted by molar-refractivity contribution is 5.82. The molecule has 2 aromatic heterocycles. The molecule has 0 unspecified atom stereocenters. The molecule has 0 fully saturated rings. The standard InChI is InChI=1S/C12H12N6/c1-7-15-9-10(13)18(8-5-3-2-4-6-8)12(14)17-11(9)16-7/h2-6H,13H2,1H3,(H2,14,15,16,17). The number of para-hydroxylation sites is 1. The number of nitrogens with one attached hydrogen (secondary N) is 2. The maximum absolute atomic E-state index is 7.96. The first-order valence-corrected chi connectivity index (χ1v) is 5.51. The van der Waals surface area contributed by atoms with Crippen molar-refractivity contribution < 1.29 is 0 Å². The number of anilines is 1. The quantitative estimate of drug-likeness (QED) is 0.594. The summed E-state index contributed by atoms with van der Waals surface area (Å²) in [4.78, 5) is 11.4. The zero-order valence-corrected chi connectivity index (χ0v) is 9.81. The summed E-state index contributed by atoms with van der Waals surface area (Å²) in [7, 11) is 0. The van der Waals surface area contributed by atoms with E-state index in [-0.39, 0.29) is 5.62 Å². The van der Waals surface area contributed by atoms with Gasteiger partial charge in [0.25, 0.3) is 0 Å². The van der Waals surface area contributed by atoms with E-state index in [1.54, 1.807) is 4.57 Å². The third-order valence-electron chi connectivity index (χ3n) is 2.74. The molecule has 0 atom stereocenters. The topological polar surface area (TPSA) is 96.4 Å². The molecule has 0 amide bonds. The molecule has 1 aromatic carbocycles. The Bertz CT molecular complexity index is 768. The van der Waals surface area contributed by atoms with Crippen molar-refractivity contribution >= 4 is 17.0 Å². The highest BCUT2D eigenvalue weighted by Crippen LogP contribution is 2.17. The van der Waals surface area contributed by atoms with Gasteiger partial charge in [0, 0.05) is 0 Å². The van der Waals surface area contributed by atoms with Gasteiger partial charge in [0.05, 0.1) is 5.69 Å². The monoisotopic (exact) mass is 240 g/mol. The van der Waals surface area contributed by atoms with Gasteiger partial charge in [-0.25, -0.2) is 4.98 Å². The van der Waals surface area contributed by atoms with Crippen LogP contribution in [-0.2, 0) is 0 Å². The summed E-state index contributed by atoms with van der Waals surface area (Å²) < 4.78 is 1.58. The minimum absolute atomic E-state index is 0.0673. The summed E-state index contributed by atoms with van der Waals surface area (Å²) in [5.74, 6) is 1.17. The molecule has 6 heteroatoms. The van der Waals surface area contributed by atoms with Crippen LogP contribution >= 0.6 is 0 Å². The number of nitrogens with two attached hydrogens (primary N) is 1. The van der Waals surface area contributed by atoms with Crippen LogP contribution in [0.5, 0.6) is 0 Å². The summed E-state index contributed by atoms with van der Waals surface area (Å²) in [5, 5.41) is 7.96. The lowest BCUT2D eigenvalue weighted by Crippen LogP contribution is -2.24. The van der Waals surface area contributed by atoms with E-state index in [1.165, 1.54) is 0 Å². The summed E-state index contributed by atoms with van der Waals surface area (Å²) in [5.41, 5.74) is 8.11. The minimum Gasteiger partial charge on any atom is -0.383 e. The Morgan fingerprint density at radius 1 is 1.22 bits per heavy atom. The van der Waals surface area contributed by atoms with Gasteiger partial charge in [-0.15, -0.1) is 0 Å². The predicted molar refractivity (Wildman–Crippen MR) is 68.2 cm³/mol. The van der Waals surface area contributed by atoms with Gasteiger partial charge < -0.3 is 10.7 Å². The van der Waals surface area contributed by atoms with Crippen molar-refractivity contribution in [1.29, 1.82) is 5.41 Å². The number of fused-ring (bicyclic) bond motifs is 1. The van der Waals surface area contributed by atoms with Crippen molar-refractivity contribution in [2.75, 3.05) is 5.73 Å². The van der Waals surface area contributed by atoms with Gasteiger partial charge in [0.15, 0.2) is 5.65 Å². The maximum atomic E-state index is 7.96. The predicted octanol–water partition coefficient (Wildman–Crippen LogP) is 1.12. The molecule has 90 valence electrons. The summed E-state index contributed by atoms with van der Waals surface area (Å²) in [6.07, 6.45) is 0. The fourth-order valence-corrected chi connectivity index (χ4v) is 1.95. The first-order chi connectivity index (χ1) is 8.66. The fraction of sp³-hybridized carbons (Fsp3) is 0.0833. The first kappa shape index (κ1) is 10.5. The molecule has 0 bridgehead atoms. The molecule has 0 radical (unpaired) electrons. The minimum atomic E-state index is 0.0673.